The number of hydrogen-bond acceptors (Lipinski definition) is 8. The van der Waals surface area contributed by atoms with Crippen molar-refractivity contribution in [3.63, 3.8) is 0 Å². The first-order chi connectivity index (χ1) is 23.4. The van der Waals surface area contributed by atoms with Crippen LogP contribution in [0.1, 0.15) is 77.2 Å². The number of aliphatic hydroxyl groups is 2. The largest absolute Gasteiger partial charge is 0.633 e. The number of amides is 2. The molecule has 2 aromatic rings. The summed E-state index contributed by atoms with van der Waals surface area (Å²) >= 11 is 0. The molecule has 0 unspecified atom stereocenters. The minimum absolute atomic E-state index is 0.106. The molecule has 1 heterocycles. The van der Waals surface area contributed by atoms with Gasteiger partial charge in [0.2, 0.25) is 11.8 Å². The van der Waals surface area contributed by atoms with Crippen LogP contribution in [0.25, 0.3) is 10.8 Å². The summed E-state index contributed by atoms with van der Waals surface area (Å²) in [5.74, 6) is -2.15. The van der Waals surface area contributed by atoms with E-state index in [0.717, 1.165) is 54.9 Å². The number of carbonyl (C=O) groups is 2. The van der Waals surface area contributed by atoms with E-state index in [9.17, 15) is 33.4 Å². The Balaban J connectivity index is 1.54. The lowest BCUT2D eigenvalue weighted by atomic mass is 9.83. The van der Waals surface area contributed by atoms with Gasteiger partial charge in [-0.25, -0.2) is 8.42 Å². The van der Waals surface area contributed by atoms with Gasteiger partial charge in [-0.2, -0.15) is 0 Å². The Labute approximate surface area is 291 Å². The number of unbranched alkanes of at least 4 members (excludes halogenated alkanes) is 1. The van der Waals surface area contributed by atoms with Crippen molar-refractivity contribution in [2.75, 3.05) is 44.4 Å². The number of morpholine rings is 1. The Morgan fingerprint density at radius 2 is 1.67 bits per heavy atom. The molecule has 1 saturated carbocycles. The van der Waals surface area contributed by atoms with E-state index in [1.54, 1.807) is 6.92 Å². The van der Waals surface area contributed by atoms with E-state index in [1.165, 1.54) is 0 Å². The fourth-order valence-electron chi connectivity index (χ4n) is 7.28. The van der Waals surface area contributed by atoms with Gasteiger partial charge in [0.05, 0.1) is 30.9 Å². The minimum Gasteiger partial charge on any atom is -0.633 e. The SMILES string of the molecule is CCCC[C@H](NC(=O)[C@H](Cc1cccc2ccccc12)CS(=O)(=O)CC)C(=O)N[C@@H](CC1CCCCC1)[C@@H](O)[C@@H](O)C[N+]1([O-])CCOCC1. The third-order valence-electron chi connectivity index (χ3n) is 10.3. The number of sulfone groups is 1. The number of hydroxylamine groups is 3. The fourth-order valence-corrected chi connectivity index (χ4v) is 8.40. The zero-order chi connectivity index (χ0) is 35.4. The van der Waals surface area contributed by atoms with Gasteiger partial charge in [0.25, 0.3) is 0 Å². The highest BCUT2D eigenvalue weighted by Crippen LogP contribution is 2.29. The van der Waals surface area contributed by atoms with Crippen molar-refractivity contribution in [3.8, 4) is 0 Å². The summed E-state index contributed by atoms with van der Waals surface area (Å²) in [6.07, 6.45) is 4.75. The molecule has 1 saturated heterocycles. The van der Waals surface area contributed by atoms with E-state index in [0.29, 0.717) is 19.3 Å². The predicted octanol–water partition coefficient (Wildman–Crippen LogP) is 3.63. The standard InChI is InChI=1S/C37H57N3O8S/c1-3-5-18-32(38-36(43)30(26-49(46,47)4-2)24-29-16-11-15-28-14-9-10-17-31(28)29)37(44)39-33(23-27-12-7-6-8-13-27)35(42)34(41)25-40(45)19-21-48-22-20-40/h9-11,14-17,27,30,32-35,41-42H,3-8,12-13,18-26H2,1-2H3,(H,38,43)(H,39,44)/t30-,32+,33+,34+,35-/m1/s1. The number of ether oxygens (including phenoxy) is 1. The van der Waals surface area contributed by atoms with Crippen LogP contribution in [0.4, 0.5) is 0 Å². The lowest BCUT2D eigenvalue weighted by molar-refractivity contribution is -0.892. The fraction of sp³-hybridized carbons (Fsp3) is 0.676. The zero-order valence-corrected chi connectivity index (χ0v) is 30.0. The number of benzene rings is 2. The first kappa shape index (κ1) is 39.2. The van der Waals surface area contributed by atoms with Crippen LogP contribution < -0.4 is 10.6 Å². The van der Waals surface area contributed by atoms with E-state index in [2.05, 4.69) is 10.6 Å². The molecule has 0 bridgehead atoms. The van der Waals surface area contributed by atoms with Crippen LogP contribution in [-0.4, -0.2) is 104 Å². The van der Waals surface area contributed by atoms with Crippen molar-refractivity contribution in [3.05, 3.63) is 53.2 Å². The monoisotopic (exact) mass is 703 g/mol. The van der Waals surface area contributed by atoms with Gasteiger partial charge < -0.3 is 35.4 Å². The molecule has 2 aromatic carbocycles. The maximum absolute atomic E-state index is 14.0. The summed E-state index contributed by atoms with van der Waals surface area (Å²) < 4.78 is 30.4. The lowest BCUT2D eigenvalue weighted by Crippen LogP contribution is -2.60. The van der Waals surface area contributed by atoms with E-state index >= 15 is 0 Å². The van der Waals surface area contributed by atoms with Gasteiger partial charge >= 0.3 is 0 Å². The van der Waals surface area contributed by atoms with Crippen LogP contribution in [0, 0.1) is 17.0 Å². The molecule has 49 heavy (non-hydrogen) atoms. The molecule has 2 amide bonds. The van der Waals surface area contributed by atoms with Crippen molar-refractivity contribution in [1.82, 2.24) is 10.6 Å². The second-order valence-corrected chi connectivity index (χ2v) is 16.6. The summed E-state index contributed by atoms with van der Waals surface area (Å²) in [5, 5.41) is 43.5. The average molecular weight is 704 g/mol. The summed E-state index contributed by atoms with van der Waals surface area (Å²) in [5.41, 5.74) is 0.850. The summed E-state index contributed by atoms with van der Waals surface area (Å²) in [7, 11) is -3.54. The van der Waals surface area contributed by atoms with Crippen LogP contribution in [0.15, 0.2) is 42.5 Å². The lowest BCUT2D eigenvalue weighted by Gasteiger charge is -2.47. The summed E-state index contributed by atoms with van der Waals surface area (Å²) in [6.45, 7) is 4.27. The molecule has 0 spiro atoms. The van der Waals surface area contributed by atoms with Gasteiger partial charge in [-0.15, -0.1) is 0 Å². The number of hydrogen-bond donors (Lipinski definition) is 4. The topological polar surface area (TPSA) is 165 Å². The number of quaternary nitrogens is 1. The first-order valence-corrected chi connectivity index (χ1v) is 20.0. The molecular formula is C37H57N3O8S. The minimum atomic E-state index is -3.54. The molecule has 2 aliphatic rings. The second kappa shape index (κ2) is 18.6. The third-order valence-corrected chi connectivity index (χ3v) is 12.1. The van der Waals surface area contributed by atoms with Crippen LogP contribution >= 0.6 is 0 Å². The third kappa shape index (κ3) is 11.7. The molecule has 1 aliphatic carbocycles. The average Bonchev–Trinajstić information content (AvgIpc) is 3.09. The van der Waals surface area contributed by atoms with Crippen LogP contribution in [0.3, 0.4) is 0 Å². The maximum Gasteiger partial charge on any atom is 0.242 e. The van der Waals surface area contributed by atoms with Gasteiger partial charge in [-0.1, -0.05) is 101 Å². The summed E-state index contributed by atoms with van der Waals surface area (Å²) in [4.78, 5) is 28.0. The molecule has 0 radical (unpaired) electrons. The van der Waals surface area contributed by atoms with Gasteiger partial charge in [-0.3, -0.25) is 9.59 Å². The van der Waals surface area contributed by atoms with Crippen molar-refractivity contribution in [2.45, 2.75) is 102 Å². The second-order valence-electron chi connectivity index (χ2n) is 14.2. The molecule has 5 atom stereocenters. The molecule has 4 N–H and O–H groups in total. The Kier molecular flexibility index (Phi) is 14.9. The summed E-state index contributed by atoms with van der Waals surface area (Å²) in [6, 6.07) is 11.7. The number of nitrogens with zero attached hydrogens (tertiary/aromatic N) is 1. The van der Waals surface area contributed by atoms with Crippen molar-refractivity contribution in [1.29, 1.82) is 0 Å². The van der Waals surface area contributed by atoms with E-state index in [4.69, 9.17) is 4.74 Å². The van der Waals surface area contributed by atoms with Gasteiger partial charge in [0.15, 0.2) is 9.84 Å². The highest BCUT2D eigenvalue weighted by Gasteiger charge is 2.37. The number of carbonyl (C=O) groups excluding carboxylic acids is 2. The Morgan fingerprint density at radius 1 is 0.980 bits per heavy atom. The van der Waals surface area contributed by atoms with Gasteiger partial charge in [-0.05, 0) is 41.5 Å². The van der Waals surface area contributed by atoms with E-state index in [-0.39, 0.29) is 56.7 Å². The Morgan fingerprint density at radius 3 is 2.37 bits per heavy atom. The van der Waals surface area contributed by atoms with Crippen LogP contribution in [0.5, 0.6) is 0 Å². The van der Waals surface area contributed by atoms with Crippen LogP contribution in [-0.2, 0) is 30.6 Å². The molecule has 11 nitrogen and oxygen atoms in total. The molecule has 4 rings (SSSR count). The number of fused-ring (bicyclic) bond motifs is 1. The quantitative estimate of drug-likeness (QED) is 0.135. The Bertz CT molecular complexity index is 1450. The number of nitrogens with one attached hydrogen (secondary N) is 2. The predicted molar refractivity (Wildman–Crippen MR) is 191 cm³/mol. The first-order valence-electron chi connectivity index (χ1n) is 18.2. The molecule has 1 aliphatic heterocycles. The smallest absolute Gasteiger partial charge is 0.242 e. The molecule has 0 aromatic heterocycles. The molecular weight excluding hydrogens is 646 g/mol. The molecule has 2 fully saturated rings. The zero-order valence-electron chi connectivity index (χ0n) is 29.2. The van der Waals surface area contributed by atoms with E-state index in [1.807, 2.05) is 49.4 Å². The molecule has 12 heteroatoms. The van der Waals surface area contributed by atoms with Crippen molar-refractivity contribution < 1.29 is 37.6 Å². The molecule has 274 valence electrons. The highest BCUT2D eigenvalue weighted by molar-refractivity contribution is 7.91. The van der Waals surface area contributed by atoms with Crippen molar-refractivity contribution in [2.24, 2.45) is 11.8 Å². The van der Waals surface area contributed by atoms with Crippen LogP contribution in [0.2, 0.25) is 0 Å². The Hall–Kier alpha value is -2.61. The maximum atomic E-state index is 14.0. The van der Waals surface area contributed by atoms with Crippen molar-refractivity contribution >= 4 is 32.4 Å². The highest BCUT2D eigenvalue weighted by atomic mass is 32.2. The van der Waals surface area contributed by atoms with E-state index < -0.39 is 56.5 Å². The normalized spacial score (nSPS) is 20.2. The number of aliphatic hydroxyl groups excluding tert-OH is 2. The van der Waals surface area contributed by atoms with Gasteiger partial charge in [0, 0.05) is 5.75 Å². The number of rotatable bonds is 18. The van der Waals surface area contributed by atoms with Gasteiger partial charge in [0.1, 0.15) is 37.9 Å².